The fourth-order valence-corrected chi connectivity index (χ4v) is 3.12. The molecule has 0 saturated carbocycles. The number of halogens is 1. The molecule has 0 fully saturated rings. The van der Waals surface area contributed by atoms with E-state index in [1.54, 1.807) is 30.3 Å². The Labute approximate surface area is 194 Å². The van der Waals surface area contributed by atoms with E-state index in [1.165, 1.54) is 0 Å². The van der Waals surface area contributed by atoms with E-state index in [1.807, 2.05) is 12.1 Å². The number of anilines is 1. The summed E-state index contributed by atoms with van der Waals surface area (Å²) in [6.45, 7) is 7.22. The Morgan fingerprint density at radius 3 is 2.50 bits per heavy atom. The van der Waals surface area contributed by atoms with Gasteiger partial charge >= 0.3 is 0 Å². The zero-order chi connectivity index (χ0) is 23.6. The zero-order valence-corrected chi connectivity index (χ0v) is 19.4. The third-order valence-corrected chi connectivity index (χ3v) is 5.00. The van der Waals surface area contributed by atoms with Crippen molar-refractivity contribution in [3.05, 3.63) is 58.6 Å². The van der Waals surface area contributed by atoms with Crippen molar-refractivity contribution in [2.75, 3.05) is 32.0 Å². The highest BCUT2D eigenvalue weighted by Gasteiger charge is 2.19. The van der Waals surface area contributed by atoms with Gasteiger partial charge < -0.3 is 32.6 Å². The molecule has 1 amide bonds. The molecule has 0 bridgehead atoms. The molecule has 0 aliphatic carbocycles. The lowest BCUT2D eigenvalue weighted by molar-refractivity contribution is 0.0936. The number of nitrogen functional groups attached to an aromatic ring is 1. The lowest BCUT2D eigenvalue weighted by Crippen LogP contribution is -2.40. The smallest absolute Gasteiger partial charge is 0.251 e. The summed E-state index contributed by atoms with van der Waals surface area (Å²) in [5.74, 6) is 0.569. The third kappa shape index (κ3) is 9.03. The van der Waals surface area contributed by atoms with Crippen molar-refractivity contribution in [3.63, 3.8) is 0 Å². The van der Waals surface area contributed by atoms with E-state index < -0.39 is 0 Å². The molecule has 174 valence electrons. The molecule has 2 rings (SSSR count). The van der Waals surface area contributed by atoms with Gasteiger partial charge in [-0.25, -0.2) is 4.99 Å². The van der Waals surface area contributed by atoms with Crippen molar-refractivity contribution >= 4 is 29.2 Å². The molecule has 8 N–H and O–H groups in total. The van der Waals surface area contributed by atoms with E-state index in [9.17, 15) is 4.79 Å². The van der Waals surface area contributed by atoms with Gasteiger partial charge in [0.2, 0.25) is 0 Å². The second-order valence-corrected chi connectivity index (χ2v) is 8.76. The molecule has 0 radical (unpaired) electrons. The fourth-order valence-electron chi connectivity index (χ4n) is 2.87. The van der Waals surface area contributed by atoms with Crippen LogP contribution < -0.4 is 32.6 Å². The van der Waals surface area contributed by atoms with Crippen LogP contribution in [0.3, 0.4) is 0 Å². The van der Waals surface area contributed by atoms with Gasteiger partial charge in [0.05, 0.1) is 18.2 Å². The Morgan fingerprint density at radius 2 is 1.84 bits per heavy atom. The summed E-state index contributed by atoms with van der Waals surface area (Å²) in [7, 11) is 0. The largest absolute Gasteiger partial charge is 0.492 e. The van der Waals surface area contributed by atoms with Gasteiger partial charge in [0.25, 0.3) is 5.91 Å². The first-order valence-electron chi connectivity index (χ1n) is 10.5. The van der Waals surface area contributed by atoms with Crippen LogP contribution in [-0.2, 0) is 6.54 Å². The molecule has 32 heavy (non-hydrogen) atoms. The second-order valence-electron chi connectivity index (χ2n) is 8.35. The van der Waals surface area contributed by atoms with E-state index in [2.05, 4.69) is 29.5 Å². The van der Waals surface area contributed by atoms with Gasteiger partial charge in [-0.3, -0.25) is 4.79 Å². The number of amides is 1. The molecular formula is C23H33ClN6O2. The van der Waals surface area contributed by atoms with E-state index in [0.717, 1.165) is 25.1 Å². The Hall–Kier alpha value is -2.97. The third-order valence-electron chi connectivity index (χ3n) is 4.70. The van der Waals surface area contributed by atoms with Gasteiger partial charge in [-0.1, -0.05) is 31.5 Å². The second kappa shape index (κ2) is 12.2. The summed E-state index contributed by atoms with van der Waals surface area (Å²) in [5.41, 5.74) is 18.4. The maximum atomic E-state index is 12.3. The zero-order valence-electron chi connectivity index (χ0n) is 18.7. The normalized spacial score (nSPS) is 11.1. The summed E-state index contributed by atoms with van der Waals surface area (Å²) >= 11 is 6.26. The maximum Gasteiger partial charge on any atom is 0.251 e. The first-order chi connectivity index (χ1) is 15.2. The highest BCUT2D eigenvalue weighted by molar-refractivity contribution is 6.32. The number of ether oxygens (including phenoxy) is 1. The molecule has 2 aromatic rings. The predicted molar refractivity (Wildman–Crippen MR) is 131 cm³/mol. The van der Waals surface area contributed by atoms with Crippen LogP contribution >= 0.6 is 11.6 Å². The molecule has 2 aromatic carbocycles. The van der Waals surface area contributed by atoms with Gasteiger partial charge in [0, 0.05) is 24.3 Å². The molecule has 0 aromatic heterocycles. The Balaban J connectivity index is 1.64. The Morgan fingerprint density at radius 1 is 1.12 bits per heavy atom. The number of nitrogens with one attached hydrogen (secondary N) is 2. The van der Waals surface area contributed by atoms with Crippen molar-refractivity contribution in [2.45, 2.75) is 26.8 Å². The minimum atomic E-state index is -0.104. The number of hydrogen-bond donors (Lipinski definition) is 5. The summed E-state index contributed by atoms with van der Waals surface area (Å²) in [5, 5.41) is 6.92. The van der Waals surface area contributed by atoms with E-state index in [-0.39, 0.29) is 17.3 Å². The van der Waals surface area contributed by atoms with Crippen LogP contribution in [0.1, 0.15) is 36.2 Å². The summed E-state index contributed by atoms with van der Waals surface area (Å²) in [4.78, 5) is 16.2. The number of benzene rings is 2. The molecule has 0 atom stereocenters. The van der Waals surface area contributed by atoms with Gasteiger partial charge in [-0.15, -0.1) is 0 Å². The van der Waals surface area contributed by atoms with Crippen molar-refractivity contribution < 1.29 is 9.53 Å². The van der Waals surface area contributed by atoms with Crippen molar-refractivity contribution in [1.29, 1.82) is 0 Å². The Kier molecular flexibility index (Phi) is 9.61. The van der Waals surface area contributed by atoms with Crippen LogP contribution in [-0.4, -0.2) is 38.1 Å². The van der Waals surface area contributed by atoms with Crippen molar-refractivity contribution in [3.8, 4) is 5.75 Å². The molecule has 8 nitrogen and oxygen atoms in total. The van der Waals surface area contributed by atoms with Gasteiger partial charge in [-0.05, 0) is 60.3 Å². The number of rotatable bonds is 12. The molecule has 0 spiro atoms. The highest BCUT2D eigenvalue weighted by Crippen LogP contribution is 2.26. The van der Waals surface area contributed by atoms with Gasteiger partial charge in [0.1, 0.15) is 5.75 Å². The SMILES string of the molecule is CC(C)(CNCCCOc1ccc(CN=C(N)N)cc1Cl)CNC(=O)c1ccc(N)cc1. The van der Waals surface area contributed by atoms with Crippen LogP contribution in [0.25, 0.3) is 0 Å². The molecule has 0 unspecified atom stereocenters. The van der Waals surface area contributed by atoms with E-state index in [4.69, 9.17) is 33.5 Å². The molecule has 9 heteroatoms. The van der Waals surface area contributed by atoms with E-state index >= 15 is 0 Å². The number of nitrogens with two attached hydrogens (primary N) is 3. The highest BCUT2D eigenvalue weighted by atomic mass is 35.5. The predicted octanol–water partition coefficient (Wildman–Crippen LogP) is 2.51. The molecule has 0 aliphatic heterocycles. The fraction of sp³-hybridized carbons (Fsp3) is 0.391. The van der Waals surface area contributed by atoms with Gasteiger partial charge in [-0.2, -0.15) is 0 Å². The average molecular weight is 461 g/mol. The van der Waals surface area contributed by atoms with E-state index in [0.29, 0.717) is 41.7 Å². The topological polar surface area (TPSA) is 141 Å². The lowest BCUT2D eigenvalue weighted by Gasteiger charge is -2.25. The summed E-state index contributed by atoms with van der Waals surface area (Å²) in [6.07, 6.45) is 0.819. The number of carbonyl (C=O) groups is 1. The van der Waals surface area contributed by atoms with Crippen LogP contribution in [0, 0.1) is 5.41 Å². The maximum absolute atomic E-state index is 12.3. The Bertz CT molecular complexity index is 911. The minimum absolute atomic E-state index is 0.0429. The standard InChI is InChI=1S/C23H33ClN6O2/c1-23(2,15-30-21(31)17-5-7-18(25)8-6-17)14-28-10-3-11-32-20-9-4-16(12-19(20)24)13-29-22(26)27/h4-9,12,28H,3,10-11,13-15,25H2,1-2H3,(H,30,31)(H4,26,27,29). The molecule has 0 heterocycles. The number of nitrogens with zero attached hydrogens (tertiary/aromatic N) is 1. The minimum Gasteiger partial charge on any atom is -0.492 e. The van der Waals surface area contributed by atoms with Crippen LogP contribution in [0.4, 0.5) is 5.69 Å². The van der Waals surface area contributed by atoms with Crippen LogP contribution in [0.5, 0.6) is 5.75 Å². The number of carbonyl (C=O) groups excluding carboxylic acids is 1. The van der Waals surface area contributed by atoms with Crippen molar-refractivity contribution in [2.24, 2.45) is 21.9 Å². The summed E-state index contributed by atoms with van der Waals surface area (Å²) in [6, 6.07) is 12.4. The molecule has 0 aliphatic rings. The molecule has 0 saturated heterocycles. The average Bonchev–Trinajstić information content (AvgIpc) is 2.74. The van der Waals surface area contributed by atoms with Crippen molar-refractivity contribution in [1.82, 2.24) is 10.6 Å². The van der Waals surface area contributed by atoms with Gasteiger partial charge in [0.15, 0.2) is 5.96 Å². The first-order valence-corrected chi connectivity index (χ1v) is 10.9. The molecular weight excluding hydrogens is 428 g/mol. The van der Waals surface area contributed by atoms with Crippen LogP contribution in [0.15, 0.2) is 47.5 Å². The lowest BCUT2D eigenvalue weighted by atomic mass is 9.93. The quantitative estimate of drug-likeness (QED) is 0.143. The van der Waals surface area contributed by atoms with Crippen LogP contribution in [0.2, 0.25) is 5.02 Å². The monoisotopic (exact) mass is 460 g/mol. The summed E-state index contributed by atoms with van der Waals surface area (Å²) < 4.78 is 5.76. The number of guanidine groups is 1. The first kappa shape index (κ1) is 25.3. The number of hydrogen-bond acceptors (Lipinski definition) is 5. The number of aliphatic imine (C=N–C) groups is 1.